The molecule has 0 atom stereocenters. The summed E-state index contributed by atoms with van der Waals surface area (Å²) in [7, 11) is -3.62. The molecule has 1 heterocycles. The first-order valence-electron chi connectivity index (χ1n) is 6.03. The van der Waals surface area contributed by atoms with Gasteiger partial charge < -0.3 is 10.6 Å². The molecule has 0 bridgehead atoms. The molecule has 0 fully saturated rings. The number of hydrogen-bond donors (Lipinski definition) is 2. The summed E-state index contributed by atoms with van der Waals surface area (Å²) in [4.78, 5) is 5.95. The number of nitrogens with zero attached hydrogens (tertiary/aromatic N) is 2. The number of nitrogen functional groups attached to an aromatic ring is 1. The predicted molar refractivity (Wildman–Crippen MR) is 79.3 cm³/mol. The normalized spacial score (nSPS) is 12.0. The van der Waals surface area contributed by atoms with Gasteiger partial charge in [-0.25, -0.2) is 18.1 Å². The molecule has 108 valence electrons. The number of hydrogen-bond acceptors (Lipinski definition) is 5. The van der Waals surface area contributed by atoms with Crippen LogP contribution in [0.25, 0.3) is 0 Å². The molecule has 0 aromatic carbocycles. The molecule has 0 amide bonds. The van der Waals surface area contributed by atoms with Gasteiger partial charge in [-0.15, -0.1) is 0 Å². The van der Waals surface area contributed by atoms with Gasteiger partial charge in [0.25, 0.3) is 0 Å². The van der Waals surface area contributed by atoms with E-state index in [1.165, 1.54) is 12.3 Å². The second-order valence-corrected chi connectivity index (χ2v) is 6.61. The van der Waals surface area contributed by atoms with Crippen molar-refractivity contribution in [3.05, 3.63) is 16.7 Å². The minimum Gasteiger partial charge on any atom is -0.383 e. The van der Waals surface area contributed by atoms with Crippen LogP contribution in [-0.2, 0) is 10.0 Å². The van der Waals surface area contributed by atoms with E-state index in [-0.39, 0.29) is 10.7 Å². The maximum atomic E-state index is 12.1. The Morgan fingerprint density at radius 1 is 1.42 bits per heavy atom. The van der Waals surface area contributed by atoms with Crippen molar-refractivity contribution < 1.29 is 8.42 Å². The van der Waals surface area contributed by atoms with Gasteiger partial charge in [0.1, 0.15) is 10.7 Å². The van der Waals surface area contributed by atoms with Crippen LogP contribution in [0.5, 0.6) is 0 Å². The summed E-state index contributed by atoms with van der Waals surface area (Å²) < 4.78 is 27.3. The summed E-state index contributed by atoms with van der Waals surface area (Å²) in [6.07, 6.45) is 1.46. The standard InChI is InChI=1S/C11H19BrN4O2S/c1-3-16(4-2)6-5-15-19(17,18)10-7-9(12)8-14-11(10)13/h7-8,15H,3-6H2,1-2H3,(H2,13,14). The van der Waals surface area contributed by atoms with E-state index in [0.717, 1.165) is 13.1 Å². The lowest BCUT2D eigenvalue weighted by molar-refractivity contribution is 0.309. The van der Waals surface area contributed by atoms with Gasteiger partial charge in [0.05, 0.1) is 0 Å². The molecule has 0 aliphatic rings. The molecule has 0 saturated heterocycles. The fraction of sp³-hybridized carbons (Fsp3) is 0.545. The number of rotatable bonds is 7. The summed E-state index contributed by atoms with van der Waals surface area (Å²) in [5.41, 5.74) is 5.60. The molecule has 6 nitrogen and oxygen atoms in total. The SMILES string of the molecule is CCN(CC)CCNS(=O)(=O)c1cc(Br)cnc1N. The van der Waals surface area contributed by atoms with Crippen LogP contribution in [0.15, 0.2) is 21.6 Å². The summed E-state index contributed by atoms with van der Waals surface area (Å²) in [6, 6.07) is 1.45. The Labute approximate surface area is 122 Å². The Morgan fingerprint density at radius 3 is 2.63 bits per heavy atom. The first-order chi connectivity index (χ1) is 8.90. The molecule has 0 radical (unpaired) electrons. The first kappa shape index (κ1) is 16.4. The number of sulfonamides is 1. The van der Waals surface area contributed by atoms with Crippen molar-refractivity contribution in [2.75, 3.05) is 31.9 Å². The lowest BCUT2D eigenvalue weighted by Crippen LogP contribution is -2.35. The Kier molecular flexibility index (Phi) is 6.18. The molecule has 3 N–H and O–H groups in total. The van der Waals surface area contributed by atoms with Crippen LogP contribution in [0.3, 0.4) is 0 Å². The average Bonchev–Trinajstić information content (AvgIpc) is 2.37. The smallest absolute Gasteiger partial charge is 0.244 e. The van der Waals surface area contributed by atoms with Gasteiger partial charge in [0.15, 0.2) is 0 Å². The quantitative estimate of drug-likeness (QED) is 0.767. The van der Waals surface area contributed by atoms with Crippen molar-refractivity contribution in [1.29, 1.82) is 0 Å². The van der Waals surface area contributed by atoms with Crippen LogP contribution in [-0.4, -0.2) is 44.5 Å². The molecule has 8 heteroatoms. The molecule has 0 unspecified atom stereocenters. The first-order valence-corrected chi connectivity index (χ1v) is 8.31. The number of halogens is 1. The van der Waals surface area contributed by atoms with Crippen LogP contribution in [0, 0.1) is 0 Å². The monoisotopic (exact) mass is 350 g/mol. The number of likely N-dealkylation sites (N-methyl/N-ethyl adjacent to an activating group) is 1. The second kappa shape index (κ2) is 7.18. The zero-order valence-electron chi connectivity index (χ0n) is 11.1. The van der Waals surface area contributed by atoms with Crippen molar-refractivity contribution in [3.8, 4) is 0 Å². The molecule has 0 aliphatic heterocycles. The third-order valence-corrected chi connectivity index (χ3v) is 4.68. The highest BCUT2D eigenvalue weighted by Crippen LogP contribution is 2.20. The zero-order valence-corrected chi connectivity index (χ0v) is 13.5. The van der Waals surface area contributed by atoms with Crippen LogP contribution in [0.4, 0.5) is 5.82 Å². The second-order valence-electron chi connectivity index (χ2n) is 3.96. The van der Waals surface area contributed by atoms with E-state index in [0.29, 0.717) is 17.6 Å². The molecule has 1 aromatic heterocycles. The van der Waals surface area contributed by atoms with Gasteiger partial charge in [0.2, 0.25) is 10.0 Å². The third kappa shape index (κ3) is 4.72. The largest absolute Gasteiger partial charge is 0.383 e. The molecular formula is C11H19BrN4O2S. The van der Waals surface area contributed by atoms with Crippen LogP contribution in [0.2, 0.25) is 0 Å². The van der Waals surface area contributed by atoms with E-state index in [2.05, 4.69) is 30.5 Å². The number of nitrogens with two attached hydrogens (primary N) is 1. The van der Waals surface area contributed by atoms with Crippen molar-refractivity contribution in [2.45, 2.75) is 18.7 Å². The Morgan fingerprint density at radius 2 is 2.05 bits per heavy atom. The van der Waals surface area contributed by atoms with Gasteiger partial charge in [-0.2, -0.15) is 0 Å². The maximum absolute atomic E-state index is 12.1. The molecule has 19 heavy (non-hydrogen) atoms. The summed E-state index contributed by atoms with van der Waals surface area (Å²) in [5.74, 6) is -0.00135. The van der Waals surface area contributed by atoms with E-state index in [9.17, 15) is 8.42 Å². The van der Waals surface area contributed by atoms with E-state index in [1.54, 1.807) is 0 Å². The van der Waals surface area contributed by atoms with Gasteiger partial charge >= 0.3 is 0 Å². The van der Waals surface area contributed by atoms with Crippen LogP contribution < -0.4 is 10.5 Å². The third-order valence-electron chi connectivity index (χ3n) is 2.75. The van der Waals surface area contributed by atoms with Crippen LogP contribution in [0.1, 0.15) is 13.8 Å². The molecular weight excluding hydrogens is 332 g/mol. The van der Waals surface area contributed by atoms with E-state index in [1.807, 2.05) is 13.8 Å². The van der Waals surface area contributed by atoms with E-state index in [4.69, 9.17) is 5.73 Å². The van der Waals surface area contributed by atoms with E-state index >= 15 is 0 Å². The average molecular weight is 351 g/mol. The maximum Gasteiger partial charge on any atom is 0.244 e. The zero-order chi connectivity index (χ0) is 14.5. The topological polar surface area (TPSA) is 88.3 Å². The predicted octanol–water partition coefficient (Wildman–Crippen LogP) is 1.05. The number of pyridine rings is 1. The minimum absolute atomic E-state index is 0.00132. The fourth-order valence-corrected chi connectivity index (χ4v) is 3.21. The highest BCUT2D eigenvalue weighted by molar-refractivity contribution is 9.10. The van der Waals surface area contributed by atoms with Gasteiger partial charge in [-0.3, -0.25) is 0 Å². The molecule has 1 rings (SSSR count). The minimum atomic E-state index is -3.62. The van der Waals surface area contributed by atoms with Crippen LogP contribution >= 0.6 is 15.9 Å². The summed E-state index contributed by atoms with van der Waals surface area (Å²) >= 11 is 3.18. The van der Waals surface area contributed by atoms with Gasteiger partial charge in [0, 0.05) is 23.8 Å². The number of aromatic nitrogens is 1. The summed E-state index contributed by atoms with van der Waals surface area (Å²) in [6.45, 7) is 6.85. The molecule has 0 spiro atoms. The van der Waals surface area contributed by atoms with Gasteiger partial charge in [-0.1, -0.05) is 13.8 Å². The Bertz CT molecular complexity index is 517. The van der Waals surface area contributed by atoms with E-state index < -0.39 is 10.0 Å². The Hall–Kier alpha value is -0.700. The lowest BCUT2D eigenvalue weighted by Gasteiger charge is -2.18. The Balaban J connectivity index is 2.73. The summed E-state index contributed by atoms with van der Waals surface area (Å²) in [5, 5.41) is 0. The highest BCUT2D eigenvalue weighted by Gasteiger charge is 2.18. The highest BCUT2D eigenvalue weighted by atomic mass is 79.9. The number of anilines is 1. The van der Waals surface area contributed by atoms with Gasteiger partial charge in [-0.05, 0) is 35.1 Å². The molecule has 0 aliphatic carbocycles. The molecule has 0 saturated carbocycles. The van der Waals surface area contributed by atoms with Crippen molar-refractivity contribution in [1.82, 2.24) is 14.6 Å². The fourth-order valence-electron chi connectivity index (χ4n) is 1.60. The lowest BCUT2D eigenvalue weighted by atomic mass is 10.5. The van der Waals surface area contributed by atoms with Crippen molar-refractivity contribution >= 4 is 31.8 Å². The van der Waals surface area contributed by atoms with Crippen molar-refractivity contribution in [2.24, 2.45) is 0 Å². The number of nitrogens with one attached hydrogen (secondary N) is 1. The molecule has 1 aromatic rings. The van der Waals surface area contributed by atoms with Crippen molar-refractivity contribution in [3.63, 3.8) is 0 Å².